The lowest BCUT2D eigenvalue weighted by molar-refractivity contribution is -0.130. The van der Waals surface area contributed by atoms with Crippen molar-refractivity contribution < 1.29 is 47.7 Å². The Bertz CT molecular complexity index is 1290. The van der Waals surface area contributed by atoms with Crippen molar-refractivity contribution in [2.75, 3.05) is 18.0 Å². The molecule has 1 aromatic carbocycles. The van der Waals surface area contributed by atoms with Crippen LogP contribution in [0.3, 0.4) is 0 Å². The second-order valence-electron chi connectivity index (χ2n) is 11.5. The molecule has 2 saturated heterocycles. The molecule has 1 saturated carbocycles. The van der Waals surface area contributed by atoms with E-state index >= 15 is 0 Å². The van der Waals surface area contributed by atoms with Crippen molar-refractivity contribution in [2.45, 2.75) is 80.0 Å². The summed E-state index contributed by atoms with van der Waals surface area (Å²) in [6.45, 7) is 0.922. The van der Waals surface area contributed by atoms with E-state index in [1.807, 2.05) is 0 Å². The topological polar surface area (TPSA) is 126 Å². The number of halogens is 7. The molecule has 3 aliphatic rings. The van der Waals surface area contributed by atoms with Gasteiger partial charge in [-0.3, -0.25) is 24.2 Å². The number of nitriles is 1. The zero-order chi connectivity index (χ0) is 31.4. The summed E-state index contributed by atoms with van der Waals surface area (Å²) in [7, 11) is -10.1. The van der Waals surface area contributed by atoms with Crippen LogP contribution in [0.2, 0.25) is 0 Å². The Morgan fingerprint density at radius 2 is 1.76 bits per heavy atom. The van der Waals surface area contributed by atoms with Crippen LogP contribution in [0.4, 0.5) is 33.9 Å². The highest BCUT2D eigenvalue weighted by Gasteiger charge is 2.65. The lowest BCUT2D eigenvalue weighted by Crippen LogP contribution is -2.59. The van der Waals surface area contributed by atoms with Gasteiger partial charge < -0.3 is 15.7 Å². The Balaban J connectivity index is 1.78. The second kappa shape index (κ2) is 9.90. The van der Waals surface area contributed by atoms with E-state index in [0.29, 0.717) is 12.1 Å². The van der Waals surface area contributed by atoms with Gasteiger partial charge >= 0.3 is 10.2 Å². The van der Waals surface area contributed by atoms with Gasteiger partial charge in [-0.2, -0.15) is 5.26 Å². The average molecular weight is 630 g/mol. The molecular formula is C25H30F7N5O4S. The van der Waals surface area contributed by atoms with Crippen molar-refractivity contribution in [3.05, 3.63) is 24.3 Å². The average Bonchev–Trinajstić information content (AvgIpc) is 3.43. The van der Waals surface area contributed by atoms with Gasteiger partial charge in [0.2, 0.25) is 17.7 Å². The maximum atomic E-state index is 14.0. The zero-order valence-corrected chi connectivity index (χ0v) is 23.2. The van der Waals surface area contributed by atoms with E-state index < -0.39 is 86.9 Å². The van der Waals surface area contributed by atoms with E-state index in [4.69, 9.17) is 0 Å². The smallest absolute Gasteiger partial charge is 0.310 e. The van der Waals surface area contributed by atoms with Gasteiger partial charge in [0.15, 0.2) is 6.19 Å². The molecule has 4 unspecified atom stereocenters. The molecule has 4 rings (SSSR count). The number of benzene rings is 1. The first-order valence-electron chi connectivity index (χ1n) is 13.1. The SMILES string of the molecule is CC1(O)CC(C(=O)N(c2ccc(S(F)(F)(F)(F)F)cc2)C(C(=O)NC2CCC(F)(F)CC2)C2CNC(=O)C2)N(C#N)C1. The Morgan fingerprint density at radius 3 is 2.26 bits per heavy atom. The molecule has 42 heavy (non-hydrogen) atoms. The van der Waals surface area contributed by atoms with E-state index in [9.17, 15) is 53.0 Å². The third-order valence-electron chi connectivity index (χ3n) is 7.80. The Morgan fingerprint density at radius 1 is 1.17 bits per heavy atom. The highest BCUT2D eigenvalue weighted by molar-refractivity contribution is 8.45. The van der Waals surface area contributed by atoms with E-state index in [0.717, 1.165) is 9.80 Å². The highest BCUT2D eigenvalue weighted by atomic mass is 32.5. The Kier molecular flexibility index (Phi) is 7.46. The number of amides is 3. The molecule has 0 radical (unpaired) electrons. The molecule has 234 valence electrons. The number of carbonyl (C=O) groups is 3. The number of nitrogens with one attached hydrogen (secondary N) is 2. The molecule has 9 nitrogen and oxygen atoms in total. The maximum Gasteiger partial charge on any atom is 0.310 e. The molecule has 4 atom stereocenters. The second-order valence-corrected chi connectivity index (χ2v) is 13.9. The number of likely N-dealkylation sites (tertiary alicyclic amines) is 1. The van der Waals surface area contributed by atoms with Gasteiger partial charge in [0, 0.05) is 49.9 Å². The molecule has 1 aliphatic carbocycles. The Labute approximate surface area is 236 Å². The number of β-amino-alcohol motifs (C(OH)–C–C–N with tert-alkyl or cyclic N) is 1. The van der Waals surface area contributed by atoms with Crippen LogP contribution < -0.4 is 15.5 Å². The van der Waals surface area contributed by atoms with E-state index in [1.165, 1.54) is 6.92 Å². The summed E-state index contributed by atoms with van der Waals surface area (Å²) in [6.07, 6.45) is -0.0841. The number of alkyl halides is 2. The molecule has 0 spiro atoms. The van der Waals surface area contributed by atoms with Crippen LogP contribution in [-0.4, -0.2) is 70.5 Å². The first-order chi connectivity index (χ1) is 19.1. The van der Waals surface area contributed by atoms with Crippen LogP contribution in [0.15, 0.2) is 29.2 Å². The van der Waals surface area contributed by atoms with Crippen molar-refractivity contribution in [3.63, 3.8) is 0 Å². The minimum Gasteiger partial charge on any atom is -0.388 e. The third-order valence-corrected chi connectivity index (χ3v) is 8.96. The number of rotatable bonds is 7. The molecule has 3 N–H and O–H groups in total. The van der Waals surface area contributed by atoms with Crippen LogP contribution in [0.1, 0.15) is 45.4 Å². The quantitative estimate of drug-likeness (QED) is 0.307. The molecule has 3 amide bonds. The van der Waals surface area contributed by atoms with Gasteiger partial charge in [-0.05, 0) is 44.0 Å². The maximum absolute atomic E-state index is 14.0. The minimum atomic E-state index is -10.1. The molecule has 2 aliphatic heterocycles. The number of nitrogens with zero attached hydrogens (tertiary/aromatic N) is 3. The monoisotopic (exact) mass is 629 g/mol. The van der Waals surface area contributed by atoms with Crippen LogP contribution >= 0.6 is 10.2 Å². The van der Waals surface area contributed by atoms with Gasteiger partial charge in [-0.25, -0.2) is 8.78 Å². The lowest BCUT2D eigenvalue weighted by Gasteiger charge is -2.41. The predicted molar refractivity (Wildman–Crippen MR) is 137 cm³/mol. The van der Waals surface area contributed by atoms with Crippen LogP contribution in [0.5, 0.6) is 0 Å². The van der Waals surface area contributed by atoms with E-state index in [1.54, 1.807) is 6.19 Å². The summed E-state index contributed by atoms with van der Waals surface area (Å²) in [5.41, 5.74) is -1.95. The van der Waals surface area contributed by atoms with Crippen LogP contribution in [-0.2, 0) is 14.4 Å². The summed E-state index contributed by atoms with van der Waals surface area (Å²) in [6, 6.07) is -2.44. The number of hydrogen-bond donors (Lipinski definition) is 3. The normalized spacial score (nSPS) is 28.7. The fraction of sp³-hybridized carbons (Fsp3) is 0.600. The van der Waals surface area contributed by atoms with E-state index in [-0.39, 0.29) is 50.9 Å². The van der Waals surface area contributed by atoms with Gasteiger partial charge in [-0.15, -0.1) is 0 Å². The van der Waals surface area contributed by atoms with Gasteiger partial charge in [0.1, 0.15) is 17.0 Å². The molecule has 1 aromatic rings. The Hall–Kier alpha value is -3.26. The van der Waals surface area contributed by atoms with Gasteiger partial charge in [0.05, 0.1) is 12.1 Å². The molecule has 0 bridgehead atoms. The first-order valence-corrected chi connectivity index (χ1v) is 15.1. The number of aliphatic hydroxyl groups is 1. The number of carbonyl (C=O) groups excluding carboxylic acids is 3. The first kappa shape index (κ1) is 31.7. The van der Waals surface area contributed by atoms with Crippen LogP contribution in [0, 0.1) is 17.4 Å². The molecule has 17 heteroatoms. The summed E-state index contributed by atoms with van der Waals surface area (Å²) >= 11 is 0. The zero-order valence-electron chi connectivity index (χ0n) is 22.3. The lowest BCUT2D eigenvalue weighted by atomic mass is 9.90. The standard InChI is InChI=1S/C25H30F7N5O4S/c1-24(41)11-19(36(13-24)14-33)23(40)37(17-2-4-18(5-3-17)42(28,29,30,31)32)21(15-10-20(38)34-12-15)22(39)35-16-6-8-25(26,27)9-7-16/h2-5,15-16,19,21,41H,6-13H2,1H3,(H,34,38)(H,35,39). The molecule has 2 heterocycles. The fourth-order valence-corrected chi connectivity index (χ4v) is 6.36. The molecule has 0 aromatic heterocycles. The fourth-order valence-electron chi connectivity index (χ4n) is 5.71. The van der Waals surface area contributed by atoms with Crippen molar-refractivity contribution in [2.24, 2.45) is 5.92 Å². The number of anilines is 1. The summed E-state index contributed by atoms with van der Waals surface area (Å²) in [4.78, 5) is 39.4. The largest absolute Gasteiger partial charge is 0.388 e. The minimum absolute atomic E-state index is 0.0697. The number of hydrogen-bond acceptors (Lipinski definition) is 6. The van der Waals surface area contributed by atoms with Crippen molar-refractivity contribution in [3.8, 4) is 6.19 Å². The van der Waals surface area contributed by atoms with Crippen molar-refractivity contribution in [1.29, 1.82) is 5.26 Å². The summed E-state index contributed by atoms with van der Waals surface area (Å²) < 4.78 is 94.6. The predicted octanol–water partition coefficient (Wildman–Crippen LogP) is 4.18. The van der Waals surface area contributed by atoms with Crippen LogP contribution in [0.25, 0.3) is 0 Å². The highest BCUT2D eigenvalue weighted by Crippen LogP contribution is 3.02. The summed E-state index contributed by atoms with van der Waals surface area (Å²) in [5.74, 6) is -6.29. The van der Waals surface area contributed by atoms with Gasteiger partial charge in [-0.1, -0.05) is 19.4 Å². The van der Waals surface area contributed by atoms with Crippen molar-refractivity contribution in [1.82, 2.24) is 15.5 Å². The molecule has 3 fully saturated rings. The van der Waals surface area contributed by atoms with Gasteiger partial charge in [0.25, 0.3) is 5.91 Å². The van der Waals surface area contributed by atoms with Crippen molar-refractivity contribution >= 4 is 33.6 Å². The molecular weight excluding hydrogens is 599 g/mol. The summed E-state index contributed by atoms with van der Waals surface area (Å²) in [5, 5.41) is 25.2. The third kappa shape index (κ3) is 7.02. The van der Waals surface area contributed by atoms with E-state index in [2.05, 4.69) is 10.6 Å².